The van der Waals surface area contributed by atoms with Gasteiger partial charge in [-0.25, -0.2) is 22.7 Å². The third kappa shape index (κ3) is 3.67. The van der Waals surface area contributed by atoms with E-state index >= 15 is 0 Å². The number of nitrogens with two attached hydrogens (primary N) is 1. The van der Waals surface area contributed by atoms with Gasteiger partial charge in [-0.3, -0.25) is 0 Å². The van der Waals surface area contributed by atoms with Crippen LogP contribution in [0.3, 0.4) is 0 Å². The van der Waals surface area contributed by atoms with E-state index in [4.69, 9.17) is 9.88 Å². The molecule has 0 aliphatic carbocycles. The second-order valence-corrected chi connectivity index (χ2v) is 5.69. The zero-order valence-electron chi connectivity index (χ0n) is 11.3. The molecular weight excluding hydrogens is 289 g/mol. The number of halogens is 1. The highest BCUT2D eigenvalue weighted by Crippen LogP contribution is 2.28. The van der Waals surface area contributed by atoms with Crippen LogP contribution in [0, 0.1) is 5.82 Å². The Morgan fingerprint density at radius 2 is 2.05 bits per heavy atom. The van der Waals surface area contributed by atoms with E-state index in [2.05, 4.69) is 4.74 Å². The van der Waals surface area contributed by atoms with Crippen molar-refractivity contribution >= 4 is 16.0 Å². The van der Waals surface area contributed by atoms with Crippen molar-refractivity contribution in [1.29, 1.82) is 0 Å². The number of carbonyl (C=O) groups is 1. The first-order valence-electron chi connectivity index (χ1n) is 5.82. The standard InChI is InChI=1S/C12H16FNO5S/c1-4-7(2)19-12(15)8-5-9(13)11(18-3)10(6-8)20(14,16)17/h5-7H,4H2,1-3H3,(H2,14,16,17). The van der Waals surface area contributed by atoms with Gasteiger partial charge >= 0.3 is 5.97 Å². The number of rotatable bonds is 5. The molecule has 0 aromatic heterocycles. The van der Waals surface area contributed by atoms with Crippen molar-refractivity contribution in [2.45, 2.75) is 31.3 Å². The largest absolute Gasteiger partial charge is 0.492 e. The number of ether oxygens (including phenoxy) is 2. The van der Waals surface area contributed by atoms with E-state index in [0.717, 1.165) is 19.2 Å². The molecule has 0 aliphatic heterocycles. The van der Waals surface area contributed by atoms with E-state index < -0.39 is 32.5 Å². The van der Waals surface area contributed by atoms with E-state index in [1.165, 1.54) is 0 Å². The second kappa shape index (κ2) is 6.19. The van der Waals surface area contributed by atoms with Crippen LogP contribution in [0.25, 0.3) is 0 Å². The van der Waals surface area contributed by atoms with Crippen molar-refractivity contribution in [2.75, 3.05) is 7.11 Å². The van der Waals surface area contributed by atoms with Gasteiger partial charge in [0.1, 0.15) is 4.90 Å². The first kappa shape index (κ1) is 16.4. The lowest BCUT2D eigenvalue weighted by Crippen LogP contribution is -2.18. The van der Waals surface area contributed by atoms with E-state index in [1.807, 2.05) is 6.92 Å². The summed E-state index contributed by atoms with van der Waals surface area (Å²) in [5.74, 6) is -2.37. The molecule has 0 saturated carbocycles. The van der Waals surface area contributed by atoms with Crippen molar-refractivity contribution < 1.29 is 27.1 Å². The minimum absolute atomic E-state index is 0.243. The van der Waals surface area contributed by atoms with Crippen LogP contribution in [0.1, 0.15) is 30.6 Å². The van der Waals surface area contributed by atoms with Gasteiger partial charge < -0.3 is 9.47 Å². The molecule has 1 aromatic rings. The van der Waals surface area contributed by atoms with E-state index in [9.17, 15) is 17.6 Å². The molecule has 2 N–H and O–H groups in total. The zero-order valence-corrected chi connectivity index (χ0v) is 12.2. The molecular formula is C12H16FNO5S. The summed E-state index contributed by atoms with van der Waals surface area (Å²) in [5, 5.41) is 4.97. The van der Waals surface area contributed by atoms with Gasteiger partial charge in [-0.1, -0.05) is 6.92 Å². The van der Waals surface area contributed by atoms with Crippen LogP contribution in [0.4, 0.5) is 4.39 Å². The van der Waals surface area contributed by atoms with Gasteiger partial charge in [-0.15, -0.1) is 0 Å². The number of sulfonamides is 1. The monoisotopic (exact) mass is 305 g/mol. The number of esters is 1. The third-order valence-electron chi connectivity index (χ3n) is 2.64. The normalized spacial score (nSPS) is 12.8. The molecule has 0 bridgehead atoms. The average Bonchev–Trinajstić information content (AvgIpc) is 2.36. The number of benzene rings is 1. The first-order valence-corrected chi connectivity index (χ1v) is 7.36. The lowest BCUT2D eigenvalue weighted by molar-refractivity contribution is 0.0333. The molecule has 0 heterocycles. The molecule has 1 unspecified atom stereocenters. The maximum atomic E-state index is 13.8. The summed E-state index contributed by atoms with van der Waals surface area (Å²) in [6.45, 7) is 3.47. The molecule has 8 heteroatoms. The number of methoxy groups -OCH3 is 1. The summed E-state index contributed by atoms with van der Waals surface area (Å²) in [4.78, 5) is 11.2. The van der Waals surface area contributed by atoms with Crippen LogP contribution >= 0.6 is 0 Å². The summed E-state index contributed by atoms with van der Waals surface area (Å²) in [6, 6.07) is 1.78. The molecule has 0 fully saturated rings. The van der Waals surface area contributed by atoms with Gasteiger partial charge in [0.2, 0.25) is 10.0 Å². The topological polar surface area (TPSA) is 95.7 Å². The minimum atomic E-state index is -4.23. The summed E-state index contributed by atoms with van der Waals surface area (Å²) in [5.41, 5.74) is -0.243. The van der Waals surface area contributed by atoms with Gasteiger partial charge in [-0.05, 0) is 25.5 Å². The highest BCUT2D eigenvalue weighted by atomic mass is 32.2. The Morgan fingerprint density at radius 3 is 2.50 bits per heavy atom. The molecule has 0 radical (unpaired) electrons. The number of hydrogen-bond acceptors (Lipinski definition) is 5. The molecule has 0 spiro atoms. The lowest BCUT2D eigenvalue weighted by atomic mass is 10.2. The molecule has 1 aromatic carbocycles. The van der Waals surface area contributed by atoms with E-state index in [0.29, 0.717) is 6.42 Å². The Balaban J connectivity index is 3.32. The van der Waals surface area contributed by atoms with Crippen molar-refractivity contribution in [1.82, 2.24) is 0 Å². The SMILES string of the molecule is CCC(C)OC(=O)c1cc(F)c(OC)c(S(N)(=O)=O)c1. The smallest absolute Gasteiger partial charge is 0.338 e. The Morgan fingerprint density at radius 1 is 1.45 bits per heavy atom. The molecule has 6 nitrogen and oxygen atoms in total. The van der Waals surface area contributed by atoms with E-state index in [-0.39, 0.29) is 11.7 Å². The maximum Gasteiger partial charge on any atom is 0.338 e. The summed E-state index contributed by atoms with van der Waals surface area (Å²) in [7, 11) is -3.13. The molecule has 1 rings (SSSR count). The van der Waals surface area contributed by atoms with Crippen molar-refractivity contribution in [3.63, 3.8) is 0 Å². The third-order valence-corrected chi connectivity index (χ3v) is 3.56. The summed E-state index contributed by atoms with van der Waals surface area (Å²) in [6.07, 6.45) is 0.206. The minimum Gasteiger partial charge on any atom is -0.492 e. The van der Waals surface area contributed by atoms with Crippen molar-refractivity contribution in [3.05, 3.63) is 23.5 Å². The van der Waals surface area contributed by atoms with Crippen LogP contribution < -0.4 is 9.88 Å². The van der Waals surface area contributed by atoms with Gasteiger partial charge in [0.15, 0.2) is 11.6 Å². The van der Waals surface area contributed by atoms with Crippen molar-refractivity contribution in [3.8, 4) is 5.75 Å². The van der Waals surface area contributed by atoms with Crippen LogP contribution in [0.15, 0.2) is 17.0 Å². The molecule has 20 heavy (non-hydrogen) atoms. The Hall–Kier alpha value is -1.67. The van der Waals surface area contributed by atoms with Crippen LogP contribution in [0.5, 0.6) is 5.75 Å². The molecule has 0 aliphatic rings. The second-order valence-electron chi connectivity index (χ2n) is 4.16. The highest BCUT2D eigenvalue weighted by Gasteiger charge is 2.23. The fraction of sp³-hybridized carbons (Fsp3) is 0.417. The highest BCUT2D eigenvalue weighted by molar-refractivity contribution is 7.89. The first-order chi connectivity index (χ1) is 9.20. The average molecular weight is 305 g/mol. The molecule has 0 amide bonds. The van der Waals surface area contributed by atoms with Crippen LogP contribution in [0.2, 0.25) is 0 Å². The fourth-order valence-electron chi connectivity index (χ4n) is 1.43. The summed E-state index contributed by atoms with van der Waals surface area (Å²) < 4.78 is 46.2. The molecule has 112 valence electrons. The molecule has 1 atom stereocenters. The number of hydrogen-bond donors (Lipinski definition) is 1. The maximum absolute atomic E-state index is 13.8. The van der Waals surface area contributed by atoms with Crippen LogP contribution in [-0.4, -0.2) is 27.6 Å². The fourth-order valence-corrected chi connectivity index (χ4v) is 2.16. The van der Waals surface area contributed by atoms with Crippen LogP contribution in [-0.2, 0) is 14.8 Å². The van der Waals surface area contributed by atoms with Crippen molar-refractivity contribution in [2.24, 2.45) is 5.14 Å². The van der Waals surface area contributed by atoms with Gasteiger partial charge in [0, 0.05) is 0 Å². The Bertz CT molecular complexity index is 615. The van der Waals surface area contributed by atoms with Gasteiger partial charge in [0.05, 0.1) is 18.8 Å². The van der Waals surface area contributed by atoms with E-state index in [1.54, 1.807) is 6.92 Å². The Labute approximate surface area is 116 Å². The molecule has 0 saturated heterocycles. The predicted molar refractivity (Wildman–Crippen MR) is 69.5 cm³/mol. The lowest BCUT2D eigenvalue weighted by Gasteiger charge is -2.13. The predicted octanol–water partition coefficient (Wildman–Crippen LogP) is 1.44. The number of primary sulfonamides is 1. The van der Waals surface area contributed by atoms with Gasteiger partial charge in [0.25, 0.3) is 0 Å². The quantitative estimate of drug-likeness (QED) is 0.830. The Kier molecular flexibility index (Phi) is 5.07. The number of carbonyl (C=O) groups excluding carboxylic acids is 1. The van der Waals surface area contributed by atoms with Gasteiger partial charge in [-0.2, -0.15) is 0 Å². The zero-order chi connectivity index (χ0) is 15.5. The summed E-state index contributed by atoms with van der Waals surface area (Å²) >= 11 is 0.